The molecule has 2 aromatic rings. The monoisotopic (exact) mass is 367 g/mol. The van der Waals surface area contributed by atoms with Gasteiger partial charge in [-0.15, -0.1) is 0 Å². The maximum Gasteiger partial charge on any atom is 0.416 e. The molecule has 1 aromatic carbocycles. The van der Waals surface area contributed by atoms with E-state index in [1.165, 1.54) is 21.7 Å². The smallest absolute Gasteiger partial charge is 0.327 e. The third-order valence-corrected chi connectivity index (χ3v) is 4.60. The summed E-state index contributed by atoms with van der Waals surface area (Å²) in [7, 11) is 0. The average Bonchev–Trinajstić information content (AvgIpc) is 3.22. The van der Waals surface area contributed by atoms with Gasteiger partial charge in [0.2, 0.25) is 6.23 Å². The first-order chi connectivity index (χ1) is 12.3. The minimum Gasteiger partial charge on any atom is -0.327 e. The number of carbonyl (C=O) groups excluding carboxylic acids is 1. The van der Waals surface area contributed by atoms with Crippen LogP contribution < -0.4 is 4.90 Å². The molecule has 0 radical (unpaired) electrons. The van der Waals surface area contributed by atoms with E-state index in [0.717, 1.165) is 30.7 Å². The quantitative estimate of drug-likeness (QED) is 0.791. The summed E-state index contributed by atoms with van der Waals surface area (Å²) in [6.45, 7) is 4.02. The van der Waals surface area contributed by atoms with E-state index in [1.54, 1.807) is 6.20 Å². The van der Waals surface area contributed by atoms with Gasteiger partial charge in [0.05, 0.1) is 11.3 Å². The van der Waals surface area contributed by atoms with Crippen molar-refractivity contribution >= 4 is 11.6 Å². The maximum atomic E-state index is 12.9. The Morgan fingerprint density at radius 1 is 1.27 bits per heavy atom. The number of benzene rings is 1. The van der Waals surface area contributed by atoms with Crippen molar-refractivity contribution in [2.24, 2.45) is 0 Å². The molecule has 3 rings (SSSR count). The van der Waals surface area contributed by atoms with Gasteiger partial charge >= 0.3 is 6.18 Å². The zero-order valence-corrected chi connectivity index (χ0v) is 14.5. The fraction of sp³-hybridized carbons (Fsp3) is 0.444. The van der Waals surface area contributed by atoms with E-state index < -0.39 is 23.9 Å². The van der Waals surface area contributed by atoms with Gasteiger partial charge in [0.1, 0.15) is 6.73 Å². The van der Waals surface area contributed by atoms with Crippen molar-refractivity contribution in [3.8, 4) is 0 Å². The molecular formula is C18H20F3N3O2. The zero-order chi connectivity index (χ0) is 18.9. The van der Waals surface area contributed by atoms with Crippen molar-refractivity contribution in [2.75, 3.05) is 11.6 Å². The molecule has 2 heterocycles. The summed E-state index contributed by atoms with van der Waals surface area (Å²) in [5.41, 5.74) is 0.227. The maximum absolute atomic E-state index is 12.9. The minimum absolute atomic E-state index is 0.120. The van der Waals surface area contributed by atoms with Crippen LogP contribution in [0.15, 0.2) is 36.5 Å². The average molecular weight is 367 g/mol. The Hall–Kier alpha value is -2.35. The van der Waals surface area contributed by atoms with Crippen LogP contribution in [0.25, 0.3) is 0 Å². The van der Waals surface area contributed by atoms with Crippen molar-refractivity contribution < 1.29 is 22.7 Å². The topological polar surface area (TPSA) is 47.4 Å². The summed E-state index contributed by atoms with van der Waals surface area (Å²) in [6, 6.07) is 6.50. The first kappa shape index (κ1) is 18.4. The summed E-state index contributed by atoms with van der Waals surface area (Å²) < 4.78 is 45.6. The molecule has 5 nitrogen and oxygen atoms in total. The van der Waals surface area contributed by atoms with Crippen LogP contribution in [0, 0.1) is 0 Å². The SMILES string of the molecule is CCC(CC)c1ccn(C2OCN(c3cccc(C(F)(F)F)c3)C2=O)n1. The molecule has 1 saturated heterocycles. The highest BCUT2D eigenvalue weighted by molar-refractivity contribution is 5.96. The zero-order valence-electron chi connectivity index (χ0n) is 14.5. The molecule has 140 valence electrons. The van der Waals surface area contributed by atoms with Crippen molar-refractivity contribution in [3.63, 3.8) is 0 Å². The summed E-state index contributed by atoms with van der Waals surface area (Å²) in [4.78, 5) is 13.8. The van der Waals surface area contributed by atoms with E-state index in [9.17, 15) is 18.0 Å². The number of anilines is 1. The first-order valence-corrected chi connectivity index (χ1v) is 8.50. The van der Waals surface area contributed by atoms with Gasteiger partial charge in [-0.25, -0.2) is 4.68 Å². The molecule has 0 spiro atoms. The predicted octanol–water partition coefficient (Wildman–Crippen LogP) is 4.33. The summed E-state index contributed by atoms with van der Waals surface area (Å²) in [5, 5.41) is 4.43. The van der Waals surface area contributed by atoms with Gasteiger partial charge in [0, 0.05) is 17.8 Å². The lowest BCUT2D eigenvalue weighted by Gasteiger charge is -2.16. The molecule has 0 bridgehead atoms. The van der Waals surface area contributed by atoms with E-state index in [0.29, 0.717) is 5.92 Å². The van der Waals surface area contributed by atoms with Gasteiger partial charge in [-0.1, -0.05) is 19.9 Å². The fourth-order valence-electron chi connectivity index (χ4n) is 3.06. The molecular weight excluding hydrogens is 347 g/mol. The lowest BCUT2D eigenvalue weighted by molar-refractivity contribution is -0.137. The van der Waals surface area contributed by atoms with Crippen LogP contribution in [0.3, 0.4) is 0 Å². The van der Waals surface area contributed by atoms with Gasteiger partial charge in [0.15, 0.2) is 0 Å². The molecule has 1 fully saturated rings. The predicted molar refractivity (Wildman–Crippen MR) is 89.5 cm³/mol. The number of ether oxygens (including phenoxy) is 1. The Morgan fingerprint density at radius 3 is 2.65 bits per heavy atom. The Bertz CT molecular complexity index is 784. The Morgan fingerprint density at radius 2 is 2.00 bits per heavy atom. The van der Waals surface area contributed by atoms with Crippen LogP contribution in [-0.4, -0.2) is 22.4 Å². The number of amides is 1. The van der Waals surface area contributed by atoms with Crippen LogP contribution >= 0.6 is 0 Å². The molecule has 1 aliphatic rings. The van der Waals surface area contributed by atoms with Crippen molar-refractivity contribution in [1.82, 2.24) is 9.78 Å². The van der Waals surface area contributed by atoms with Gasteiger partial charge < -0.3 is 4.74 Å². The van der Waals surface area contributed by atoms with Crippen molar-refractivity contribution in [2.45, 2.75) is 45.0 Å². The highest BCUT2D eigenvalue weighted by Gasteiger charge is 2.37. The number of aromatic nitrogens is 2. The molecule has 26 heavy (non-hydrogen) atoms. The van der Waals surface area contributed by atoms with Gasteiger partial charge in [-0.05, 0) is 37.1 Å². The molecule has 1 aliphatic heterocycles. The molecule has 0 N–H and O–H groups in total. The van der Waals surface area contributed by atoms with Crippen molar-refractivity contribution in [1.29, 1.82) is 0 Å². The highest BCUT2D eigenvalue weighted by atomic mass is 19.4. The molecule has 1 aromatic heterocycles. The van der Waals surface area contributed by atoms with Gasteiger partial charge in [-0.2, -0.15) is 18.3 Å². The van der Waals surface area contributed by atoms with Crippen LogP contribution in [0.5, 0.6) is 0 Å². The first-order valence-electron chi connectivity index (χ1n) is 8.50. The number of alkyl halides is 3. The Balaban J connectivity index is 1.81. The number of hydrogen-bond acceptors (Lipinski definition) is 3. The molecule has 1 amide bonds. The Labute approximate surface area is 149 Å². The third-order valence-electron chi connectivity index (χ3n) is 4.60. The molecule has 8 heteroatoms. The highest BCUT2D eigenvalue weighted by Crippen LogP contribution is 2.34. The van der Waals surface area contributed by atoms with Gasteiger partial charge in [0.25, 0.3) is 5.91 Å². The lowest BCUT2D eigenvalue weighted by atomic mass is 10.0. The molecule has 0 saturated carbocycles. The number of halogens is 3. The largest absolute Gasteiger partial charge is 0.416 e. The van der Waals surface area contributed by atoms with E-state index in [4.69, 9.17) is 4.74 Å². The number of nitrogens with zero attached hydrogens (tertiary/aromatic N) is 3. The standard InChI is InChI=1S/C18H20F3N3O2/c1-3-12(4-2)15-8-9-24(22-15)17-16(25)23(11-26-17)14-7-5-6-13(10-14)18(19,20)21/h5-10,12,17H,3-4,11H2,1-2H3. The van der Waals surface area contributed by atoms with Crippen LogP contribution in [0.1, 0.15) is 50.1 Å². The van der Waals surface area contributed by atoms with Crippen molar-refractivity contribution in [3.05, 3.63) is 47.8 Å². The van der Waals surface area contributed by atoms with E-state index in [1.807, 2.05) is 6.07 Å². The van der Waals surface area contributed by atoms with Crippen LogP contribution in [0.2, 0.25) is 0 Å². The summed E-state index contributed by atoms with van der Waals surface area (Å²) in [6.07, 6.45) is -1.89. The third kappa shape index (κ3) is 3.46. The van der Waals surface area contributed by atoms with E-state index in [2.05, 4.69) is 18.9 Å². The second-order valence-corrected chi connectivity index (χ2v) is 6.20. The fourth-order valence-corrected chi connectivity index (χ4v) is 3.06. The van der Waals surface area contributed by atoms with E-state index >= 15 is 0 Å². The number of rotatable bonds is 5. The molecule has 1 atom stereocenters. The van der Waals surface area contributed by atoms with E-state index in [-0.39, 0.29) is 12.4 Å². The summed E-state index contributed by atoms with van der Waals surface area (Å²) in [5.74, 6) is -0.143. The number of carbonyl (C=O) groups is 1. The lowest BCUT2D eigenvalue weighted by Crippen LogP contribution is -2.28. The van der Waals surface area contributed by atoms with Crippen LogP contribution in [0.4, 0.5) is 18.9 Å². The second-order valence-electron chi connectivity index (χ2n) is 6.20. The van der Waals surface area contributed by atoms with Crippen LogP contribution in [-0.2, 0) is 15.7 Å². The summed E-state index contributed by atoms with van der Waals surface area (Å²) >= 11 is 0. The second kappa shape index (κ2) is 7.11. The normalized spacial score (nSPS) is 18.2. The molecule has 0 aliphatic carbocycles. The Kier molecular flexibility index (Phi) is 5.04. The van der Waals surface area contributed by atoms with Gasteiger partial charge in [-0.3, -0.25) is 9.69 Å². The number of hydrogen-bond donors (Lipinski definition) is 0. The minimum atomic E-state index is -4.47. The molecule has 1 unspecified atom stereocenters.